The SMILES string of the molecule is CSC1(CNC(=S)NCC(C)C)CCCC1. The van der Waals surface area contributed by atoms with Gasteiger partial charge in [-0.1, -0.05) is 26.7 Å². The summed E-state index contributed by atoms with van der Waals surface area (Å²) in [6.07, 6.45) is 7.61. The standard InChI is InChI=1S/C12H24N2S2/c1-10(2)8-13-11(15)14-9-12(16-3)6-4-5-7-12/h10H,4-9H2,1-3H3,(H2,13,14,15). The lowest BCUT2D eigenvalue weighted by atomic mass is 10.1. The molecule has 0 aromatic carbocycles. The fourth-order valence-electron chi connectivity index (χ4n) is 2.07. The summed E-state index contributed by atoms with van der Waals surface area (Å²) in [6.45, 7) is 6.35. The van der Waals surface area contributed by atoms with Crippen molar-refractivity contribution in [3.8, 4) is 0 Å². The molecule has 1 fully saturated rings. The van der Waals surface area contributed by atoms with Crippen molar-refractivity contribution in [2.45, 2.75) is 44.3 Å². The summed E-state index contributed by atoms with van der Waals surface area (Å²) < 4.78 is 0.434. The van der Waals surface area contributed by atoms with E-state index in [-0.39, 0.29) is 0 Å². The second kappa shape index (κ2) is 6.70. The maximum absolute atomic E-state index is 5.27. The van der Waals surface area contributed by atoms with Crippen LogP contribution < -0.4 is 10.6 Å². The molecule has 1 rings (SSSR count). The van der Waals surface area contributed by atoms with Gasteiger partial charge in [-0.2, -0.15) is 11.8 Å². The summed E-state index contributed by atoms with van der Waals surface area (Å²) in [5, 5.41) is 7.44. The van der Waals surface area contributed by atoms with E-state index in [0.29, 0.717) is 10.7 Å². The average molecular weight is 260 g/mol. The van der Waals surface area contributed by atoms with E-state index in [4.69, 9.17) is 12.2 Å². The van der Waals surface area contributed by atoms with E-state index in [2.05, 4.69) is 30.7 Å². The molecule has 1 saturated carbocycles. The van der Waals surface area contributed by atoms with E-state index in [0.717, 1.165) is 18.2 Å². The first-order valence-corrected chi connectivity index (χ1v) is 7.78. The highest BCUT2D eigenvalue weighted by atomic mass is 32.2. The highest BCUT2D eigenvalue weighted by molar-refractivity contribution is 8.00. The Morgan fingerprint density at radius 2 is 1.94 bits per heavy atom. The third-order valence-electron chi connectivity index (χ3n) is 3.19. The number of thioether (sulfide) groups is 1. The molecule has 0 atom stereocenters. The zero-order valence-corrected chi connectivity index (χ0v) is 12.3. The predicted molar refractivity (Wildman–Crippen MR) is 78.2 cm³/mol. The fourth-order valence-corrected chi connectivity index (χ4v) is 3.14. The Bertz CT molecular complexity index is 223. The van der Waals surface area contributed by atoms with Crippen molar-refractivity contribution in [2.24, 2.45) is 5.92 Å². The Kier molecular flexibility index (Phi) is 5.90. The maximum atomic E-state index is 5.27. The fraction of sp³-hybridized carbons (Fsp3) is 0.917. The normalized spacial score (nSPS) is 18.8. The van der Waals surface area contributed by atoms with Crippen LogP contribution >= 0.6 is 24.0 Å². The highest BCUT2D eigenvalue weighted by Gasteiger charge is 2.32. The van der Waals surface area contributed by atoms with Gasteiger partial charge in [-0.3, -0.25) is 0 Å². The van der Waals surface area contributed by atoms with Crippen LogP contribution in [0.25, 0.3) is 0 Å². The van der Waals surface area contributed by atoms with E-state index in [9.17, 15) is 0 Å². The van der Waals surface area contributed by atoms with Crippen molar-refractivity contribution >= 4 is 29.1 Å². The predicted octanol–water partition coefficient (Wildman–Crippen LogP) is 2.78. The molecule has 0 spiro atoms. The molecule has 2 N–H and O–H groups in total. The molecule has 0 aliphatic heterocycles. The summed E-state index contributed by atoms with van der Waals surface area (Å²) in [4.78, 5) is 0. The van der Waals surface area contributed by atoms with Crippen molar-refractivity contribution < 1.29 is 0 Å². The molecular weight excluding hydrogens is 236 g/mol. The molecule has 16 heavy (non-hydrogen) atoms. The number of hydrogen-bond donors (Lipinski definition) is 2. The quantitative estimate of drug-likeness (QED) is 0.742. The van der Waals surface area contributed by atoms with Gasteiger partial charge < -0.3 is 10.6 Å². The van der Waals surface area contributed by atoms with Gasteiger partial charge in [-0.15, -0.1) is 0 Å². The van der Waals surface area contributed by atoms with E-state index >= 15 is 0 Å². The van der Waals surface area contributed by atoms with Gasteiger partial charge in [0.05, 0.1) is 0 Å². The molecule has 0 aromatic rings. The van der Waals surface area contributed by atoms with Crippen LogP contribution in [-0.2, 0) is 0 Å². The minimum Gasteiger partial charge on any atom is -0.362 e. The largest absolute Gasteiger partial charge is 0.362 e. The Balaban J connectivity index is 2.24. The monoisotopic (exact) mass is 260 g/mol. The van der Waals surface area contributed by atoms with Gasteiger partial charge in [0.1, 0.15) is 0 Å². The molecule has 0 bridgehead atoms. The number of thiocarbonyl (C=S) groups is 1. The van der Waals surface area contributed by atoms with Gasteiger partial charge >= 0.3 is 0 Å². The first-order valence-electron chi connectivity index (χ1n) is 6.15. The molecular formula is C12H24N2S2. The average Bonchev–Trinajstić information content (AvgIpc) is 2.73. The summed E-state index contributed by atoms with van der Waals surface area (Å²) in [5.41, 5.74) is 0. The van der Waals surface area contributed by atoms with Gasteiger partial charge in [0.15, 0.2) is 5.11 Å². The molecule has 0 heterocycles. The van der Waals surface area contributed by atoms with Crippen LogP contribution in [0.3, 0.4) is 0 Å². The van der Waals surface area contributed by atoms with Crippen LogP contribution in [0, 0.1) is 5.92 Å². The molecule has 0 radical (unpaired) electrons. The van der Waals surface area contributed by atoms with Crippen LogP contribution in [0.15, 0.2) is 0 Å². The lowest BCUT2D eigenvalue weighted by molar-refractivity contribution is 0.577. The first kappa shape index (κ1) is 14.1. The second-order valence-corrected chi connectivity index (χ2v) is 6.73. The maximum Gasteiger partial charge on any atom is 0.166 e. The van der Waals surface area contributed by atoms with Crippen molar-refractivity contribution in [1.29, 1.82) is 0 Å². The molecule has 0 aromatic heterocycles. The smallest absolute Gasteiger partial charge is 0.166 e. The number of hydrogen-bond acceptors (Lipinski definition) is 2. The zero-order chi connectivity index (χ0) is 12.0. The van der Waals surface area contributed by atoms with Crippen molar-refractivity contribution in [3.05, 3.63) is 0 Å². The van der Waals surface area contributed by atoms with Crippen LogP contribution in [0.4, 0.5) is 0 Å². The van der Waals surface area contributed by atoms with Gasteiger partial charge in [0.2, 0.25) is 0 Å². The van der Waals surface area contributed by atoms with Gasteiger partial charge in [-0.05, 0) is 37.2 Å². The Hall–Kier alpha value is 0.0400. The third kappa shape index (κ3) is 4.50. The summed E-state index contributed by atoms with van der Waals surface area (Å²) in [7, 11) is 0. The zero-order valence-electron chi connectivity index (χ0n) is 10.6. The third-order valence-corrected chi connectivity index (χ3v) is 4.90. The molecule has 0 unspecified atom stereocenters. The van der Waals surface area contributed by atoms with Gasteiger partial charge in [0.25, 0.3) is 0 Å². The lowest BCUT2D eigenvalue weighted by Crippen LogP contribution is -2.44. The van der Waals surface area contributed by atoms with Crippen LogP contribution in [0.1, 0.15) is 39.5 Å². The molecule has 94 valence electrons. The topological polar surface area (TPSA) is 24.1 Å². The van der Waals surface area contributed by atoms with Gasteiger partial charge in [0, 0.05) is 17.8 Å². The Labute approximate surface area is 109 Å². The molecule has 0 saturated heterocycles. The van der Waals surface area contributed by atoms with Crippen molar-refractivity contribution in [3.63, 3.8) is 0 Å². The Morgan fingerprint density at radius 3 is 2.44 bits per heavy atom. The van der Waals surface area contributed by atoms with Crippen LogP contribution in [0.5, 0.6) is 0 Å². The highest BCUT2D eigenvalue weighted by Crippen LogP contribution is 2.39. The lowest BCUT2D eigenvalue weighted by Gasteiger charge is -2.27. The van der Waals surface area contributed by atoms with E-state index in [1.54, 1.807) is 0 Å². The summed E-state index contributed by atoms with van der Waals surface area (Å²) >= 11 is 7.27. The van der Waals surface area contributed by atoms with Crippen LogP contribution in [0.2, 0.25) is 0 Å². The van der Waals surface area contributed by atoms with Gasteiger partial charge in [-0.25, -0.2) is 0 Å². The minimum atomic E-state index is 0.434. The summed E-state index contributed by atoms with van der Waals surface area (Å²) in [5.74, 6) is 0.640. The van der Waals surface area contributed by atoms with E-state index < -0.39 is 0 Å². The molecule has 1 aliphatic carbocycles. The van der Waals surface area contributed by atoms with Crippen molar-refractivity contribution in [2.75, 3.05) is 19.3 Å². The minimum absolute atomic E-state index is 0.434. The van der Waals surface area contributed by atoms with Crippen LogP contribution in [-0.4, -0.2) is 29.2 Å². The second-order valence-electron chi connectivity index (χ2n) is 5.05. The van der Waals surface area contributed by atoms with E-state index in [1.807, 2.05) is 11.8 Å². The van der Waals surface area contributed by atoms with E-state index in [1.165, 1.54) is 25.7 Å². The molecule has 1 aliphatic rings. The number of rotatable bonds is 5. The van der Waals surface area contributed by atoms with Crippen molar-refractivity contribution in [1.82, 2.24) is 10.6 Å². The molecule has 4 heteroatoms. The molecule has 0 amide bonds. The number of nitrogens with one attached hydrogen (secondary N) is 2. The Morgan fingerprint density at radius 1 is 1.31 bits per heavy atom. The summed E-state index contributed by atoms with van der Waals surface area (Å²) in [6, 6.07) is 0. The molecule has 2 nitrogen and oxygen atoms in total. The first-order chi connectivity index (χ1) is 7.58.